The van der Waals surface area contributed by atoms with E-state index in [9.17, 15) is 9.59 Å². The molecule has 0 aliphatic carbocycles. The van der Waals surface area contributed by atoms with Crippen molar-refractivity contribution in [3.63, 3.8) is 0 Å². The van der Waals surface area contributed by atoms with Gasteiger partial charge in [-0.25, -0.2) is 0 Å². The Hall–Kier alpha value is -2.31. The van der Waals surface area contributed by atoms with Crippen molar-refractivity contribution in [1.82, 2.24) is 0 Å². The molecule has 2 rings (SSSR count). The van der Waals surface area contributed by atoms with Crippen LogP contribution in [0, 0.1) is 0 Å². The van der Waals surface area contributed by atoms with Gasteiger partial charge in [0.05, 0.1) is 12.7 Å². The summed E-state index contributed by atoms with van der Waals surface area (Å²) in [4.78, 5) is 26.5. The molecule has 0 heterocycles. The molecule has 25 heavy (non-hydrogen) atoms. The van der Waals surface area contributed by atoms with E-state index >= 15 is 0 Å². The third-order valence-electron chi connectivity index (χ3n) is 3.99. The van der Waals surface area contributed by atoms with Crippen LogP contribution >= 0.6 is 11.8 Å². The number of quaternary nitrogens is 1. The number of carbonyl (C=O) groups is 2. The second-order valence-electron chi connectivity index (χ2n) is 5.85. The zero-order chi connectivity index (χ0) is 18.2. The number of nitrogens with one attached hydrogen (secondary N) is 3. The topological polar surface area (TPSA) is 62.6 Å². The van der Waals surface area contributed by atoms with Gasteiger partial charge < -0.3 is 15.5 Å². The Morgan fingerprint density at radius 2 is 1.68 bits per heavy atom. The fourth-order valence-electron chi connectivity index (χ4n) is 2.34. The number of thioether (sulfide) groups is 1. The van der Waals surface area contributed by atoms with Gasteiger partial charge in [-0.15, -0.1) is 11.8 Å². The van der Waals surface area contributed by atoms with Gasteiger partial charge in [0, 0.05) is 10.6 Å². The largest absolute Gasteiger partial charge is 0.321 e. The van der Waals surface area contributed by atoms with E-state index < -0.39 is 0 Å². The molecule has 132 valence electrons. The second kappa shape index (κ2) is 9.25. The van der Waals surface area contributed by atoms with Crippen LogP contribution < -0.4 is 15.5 Å². The van der Waals surface area contributed by atoms with E-state index in [1.54, 1.807) is 11.8 Å². The van der Waals surface area contributed by atoms with Crippen molar-refractivity contribution < 1.29 is 14.5 Å². The Morgan fingerprint density at radius 3 is 2.36 bits per heavy atom. The lowest BCUT2D eigenvalue weighted by atomic mass is 10.2. The van der Waals surface area contributed by atoms with E-state index in [1.165, 1.54) is 0 Å². The molecule has 0 bridgehead atoms. The van der Waals surface area contributed by atoms with Crippen LogP contribution in [0.2, 0.25) is 0 Å². The summed E-state index contributed by atoms with van der Waals surface area (Å²) in [6, 6.07) is 16.6. The van der Waals surface area contributed by atoms with Gasteiger partial charge in [0.1, 0.15) is 0 Å². The molecule has 2 aromatic carbocycles. The fraction of sp³-hybridized carbons (Fsp3) is 0.263. The predicted molar refractivity (Wildman–Crippen MR) is 103 cm³/mol. The highest BCUT2D eigenvalue weighted by atomic mass is 32.2. The maximum absolute atomic E-state index is 12.3. The molecule has 0 spiro atoms. The van der Waals surface area contributed by atoms with Crippen LogP contribution in [0.1, 0.15) is 6.92 Å². The van der Waals surface area contributed by atoms with Crippen molar-refractivity contribution >= 4 is 35.0 Å². The van der Waals surface area contributed by atoms with Gasteiger partial charge in [0.15, 0.2) is 12.6 Å². The molecule has 5 nitrogen and oxygen atoms in total. The standard InChI is InChI=1S/C19H23N3O2S/c1-14(19(24)20-15-9-5-4-6-10-15)22(2)13-18(23)21-16-11-7-8-12-17(16)25-3/h4-12,14H,13H2,1-3H3,(H,20,24)(H,21,23)/p+1/t14-/m0/s1. The Balaban J connectivity index is 1.90. The molecule has 6 heteroatoms. The van der Waals surface area contributed by atoms with Crippen LogP contribution in [0.3, 0.4) is 0 Å². The zero-order valence-corrected chi connectivity index (χ0v) is 15.5. The Bertz CT molecular complexity index is 722. The molecule has 0 aliphatic heterocycles. The summed E-state index contributed by atoms with van der Waals surface area (Å²) in [5.41, 5.74) is 1.56. The maximum atomic E-state index is 12.3. The summed E-state index contributed by atoms with van der Waals surface area (Å²) in [5.74, 6) is -0.223. The van der Waals surface area contributed by atoms with E-state index in [1.807, 2.05) is 74.8 Å². The zero-order valence-electron chi connectivity index (χ0n) is 14.7. The summed E-state index contributed by atoms with van der Waals surface area (Å²) >= 11 is 1.58. The predicted octanol–water partition coefficient (Wildman–Crippen LogP) is 1.89. The molecule has 0 saturated carbocycles. The second-order valence-corrected chi connectivity index (χ2v) is 6.70. The third kappa shape index (κ3) is 5.62. The first kappa shape index (κ1) is 19.0. The number of hydrogen-bond donors (Lipinski definition) is 3. The molecule has 0 fully saturated rings. The smallest absolute Gasteiger partial charge is 0.282 e. The average molecular weight is 358 g/mol. The molecular formula is C19H24N3O2S+. The van der Waals surface area contributed by atoms with Crippen molar-refractivity contribution in [1.29, 1.82) is 0 Å². The summed E-state index contributed by atoms with van der Waals surface area (Å²) in [6.45, 7) is 2.03. The number of likely N-dealkylation sites (N-methyl/N-ethyl adjacent to an activating group) is 1. The minimum atomic E-state index is -0.346. The summed E-state index contributed by atoms with van der Waals surface area (Å²) in [6.07, 6.45) is 1.97. The number of rotatable bonds is 7. The lowest BCUT2D eigenvalue weighted by molar-refractivity contribution is -0.885. The number of amides is 2. The summed E-state index contributed by atoms with van der Waals surface area (Å²) < 4.78 is 0. The lowest BCUT2D eigenvalue weighted by Gasteiger charge is -2.21. The van der Waals surface area contributed by atoms with E-state index in [0.29, 0.717) is 0 Å². The van der Waals surface area contributed by atoms with Crippen LogP contribution in [0.5, 0.6) is 0 Å². The van der Waals surface area contributed by atoms with E-state index in [0.717, 1.165) is 21.2 Å². The monoisotopic (exact) mass is 358 g/mol. The van der Waals surface area contributed by atoms with Gasteiger partial charge in [-0.3, -0.25) is 9.59 Å². The molecule has 0 aliphatic rings. The number of benzene rings is 2. The summed E-state index contributed by atoms with van der Waals surface area (Å²) in [5, 5.41) is 5.79. The van der Waals surface area contributed by atoms with Crippen LogP contribution in [-0.4, -0.2) is 37.7 Å². The number of carbonyl (C=O) groups excluding carboxylic acids is 2. The van der Waals surface area contributed by atoms with Crippen molar-refractivity contribution in [2.75, 3.05) is 30.5 Å². The quantitative estimate of drug-likeness (QED) is 0.663. The highest BCUT2D eigenvalue weighted by molar-refractivity contribution is 7.98. The molecule has 2 atom stereocenters. The van der Waals surface area contributed by atoms with E-state index in [2.05, 4.69) is 10.6 Å². The highest BCUT2D eigenvalue weighted by Crippen LogP contribution is 2.24. The van der Waals surface area contributed by atoms with Crippen molar-refractivity contribution in [3.05, 3.63) is 54.6 Å². The first-order chi connectivity index (χ1) is 12.0. The number of hydrogen-bond acceptors (Lipinski definition) is 3. The minimum Gasteiger partial charge on any atom is -0.321 e. The molecule has 2 aromatic rings. The Morgan fingerprint density at radius 1 is 1.04 bits per heavy atom. The van der Waals surface area contributed by atoms with E-state index in [4.69, 9.17) is 0 Å². The van der Waals surface area contributed by atoms with Crippen LogP contribution in [0.4, 0.5) is 11.4 Å². The van der Waals surface area contributed by atoms with Crippen LogP contribution in [-0.2, 0) is 9.59 Å². The Kier molecular flexibility index (Phi) is 7.03. The Labute approximate surface area is 152 Å². The van der Waals surface area contributed by atoms with E-state index in [-0.39, 0.29) is 24.4 Å². The molecule has 0 aromatic heterocycles. The highest BCUT2D eigenvalue weighted by Gasteiger charge is 2.24. The van der Waals surface area contributed by atoms with Gasteiger partial charge in [0.25, 0.3) is 11.8 Å². The molecule has 1 unspecified atom stereocenters. The molecule has 0 radical (unpaired) electrons. The average Bonchev–Trinajstić information content (AvgIpc) is 2.62. The minimum absolute atomic E-state index is 0.110. The van der Waals surface area contributed by atoms with Gasteiger partial charge in [0.2, 0.25) is 0 Å². The van der Waals surface area contributed by atoms with Gasteiger partial charge in [-0.05, 0) is 37.4 Å². The van der Waals surface area contributed by atoms with Crippen molar-refractivity contribution in [2.24, 2.45) is 0 Å². The first-order valence-electron chi connectivity index (χ1n) is 8.12. The van der Waals surface area contributed by atoms with Crippen molar-refractivity contribution in [2.45, 2.75) is 17.9 Å². The van der Waals surface area contributed by atoms with Crippen LogP contribution in [0.25, 0.3) is 0 Å². The molecule has 3 N–H and O–H groups in total. The van der Waals surface area contributed by atoms with Crippen molar-refractivity contribution in [3.8, 4) is 0 Å². The SMILES string of the molecule is CSc1ccccc1NC(=O)C[NH+](C)[C@@H](C)C(=O)Nc1ccccc1. The normalized spacial score (nSPS) is 12.9. The third-order valence-corrected chi connectivity index (χ3v) is 4.79. The molecule has 0 saturated heterocycles. The number of anilines is 2. The lowest BCUT2D eigenvalue weighted by Crippen LogP contribution is -3.14. The summed E-state index contributed by atoms with van der Waals surface area (Å²) in [7, 11) is 1.84. The van der Waals surface area contributed by atoms with Gasteiger partial charge in [-0.1, -0.05) is 30.3 Å². The number of para-hydroxylation sites is 2. The van der Waals surface area contributed by atoms with Gasteiger partial charge in [-0.2, -0.15) is 0 Å². The fourth-order valence-corrected chi connectivity index (χ4v) is 2.90. The van der Waals surface area contributed by atoms with Crippen LogP contribution in [0.15, 0.2) is 59.5 Å². The maximum Gasteiger partial charge on any atom is 0.282 e. The molecular weight excluding hydrogens is 334 g/mol. The molecule has 2 amide bonds. The first-order valence-corrected chi connectivity index (χ1v) is 9.35. The van der Waals surface area contributed by atoms with Gasteiger partial charge >= 0.3 is 0 Å².